The van der Waals surface area contributed by atoms with Gasteiger partial charge in [-0.25, -0.2) is 0 Å². The van der Waals surface area contributed by atoms with Gasteiger partial charge in [0.25, 0.3) is 0 Å². The molecule has 2 aromatic carbocycles. The Morgan fingerprint density at radius 1 is 0.913 bits per heavy atom. The van der Waals surface area contributed by atoms with E-state index in [9.17, 15) is 0 Å². The van der Waals surface area contributed by atoms with Crippen molar-refractivity contribution >= 4 is 45.9 Å². The van der Waals surface area contributed by atoms with Gasteiger partial charge in [-0.3, -0.25) is 0 Å². The summed E-state index contributed by atoms with van der Waals surface area (Å²) in [7, 11) is 1.68. The monoisotopic (exact) mass is 364 g/mol. The second-order valence-electron chi connectivity index (χ2n) is 5.27. The van der Waals surface area contributed by atoms with Crippen molar-refractivity contribution in [2.75, 3.05) is 7.11 Å². The highest BCUT2D eigenvalue weighted by Crippen LogP contribution is 2.43. The van der Waals surface area contributed by atoms with Gasteiger partial charge in [-0.2, -0.15) is 0 Å². The molecule has 0 spiro atoms. The van der Waals surface area contributed by atoms with Gasteiger partial charge < -0.3 is 4.74 Å². The zero-order valence-corrected chi connectivity index (χ0v) is 14.8. The van der Waals surface area contributed by atoms with Gasteiger partial charge >= 0.3 is 0 Å². The lowest BCUT2D eigenvalue weighted by Crippen LogP contribution is -2.03. The molecule has 0 saturated heterocycles. The normalized spacial score (nSPS) is 14.7. The molecule has 0 atom stereocenters. The van der Waals surface area contributed by atoms with Gasteiger partial charge in [0.05, 0.1) is 7.11 Å². The van der Waals surface area contributed by atoms with Crippen molar-refractivity contribution < 1.29 is 4.74 Å². The molecule has 118 valence electrons. The summed E-state index contributed by atoms with van der Waals surface area (Å²) in [6.45, 7) is 0. The van der Waals surface area contributed by atoms with Crippen LogP contribution in [0.2, 0.25) is 15.1 Å². The molecule has 0 fully saturated rings. The molecule has 1 aliphatic rings. The second-order valence-corrected chi connectivity index (χ2v) is 6.52. The van der Waals surface area contributed by atoms with Crippen molar-refractivity contribution in [2.45, 2.75) is 12.8 Å². The fourth-order valence-electron chi connectivity index (χ4n) is 2.88. The molecule has 3 rings (SSSR count). The number of allylic oxidation sites excluding steroid dienone is 3. The third kappa shape index (κ3) is 3.28. The first-order valence-electron chi connectivity index (χ1n) is 7.30. The molecule has 1 nitrogen and oxygen atoms in total. The molecule has 0 bridgehead atoms. The molecule has 0 saturated carbocycles. The van der Waals surface area contributed by atoms with Crippen molar-refractivity contribution in [1.29, 1.82) is 0 Å². The Kier molecular flexibility index (Phi) is 5.01. The van der Waals surface area contributed by atoms with E-state index in [2.05, 4.69) is 6.08 Å². The third-order valence-electron chi connectivity index (χ3n) is 3.89. The van der Waals surface area contributed by atoms with E-state index in [-0.39, 0.29) is 0 Å². The minimum Gasteiger partial charge on any atom is -0.496 e. The summed E-state index contributed by atoms with van der Waals surface area (Å²) < 4.78 is 5.60. The number of halogens is 3. The Hall–Kier alpha value is -1.41. The molecule has 0 unspecified atom stereocenters. The summed E-state index contributed by atoms with van der Waals surface area (Å²) in [5.41, 5.74) is 4.03. The zero-order chi connectivity index (χ0) is 16.4. The van der Waals surface area contributed by atoms with Gasteiger partial charge in [-0.05, 0) is 54.3 Å². The van der Waals surface area contributed by atoms with E-state index < -0.39 is 0 Å². The predicted octanol–water partition coefficient (Wildman–Crippen LogP) is 6.88. The number of rotatable bonds is 3. The van der Waals surface area contributed by atoms with E-state index in [4.69, 9.17) is 39.5 Å². The Morgan fingerprint density at radius 3 is 2.17 bits per heavy atom. The minimum atomic E-state index is 0.649. The van der Waals surface area contributed by atoms with Gasteiger partial charge in [-0.1, -0.05) is 53.0 Å². The van der Waals surface area contributed by atoms with Crippen LogP contribution < -0.4 is 0 Å². The highest BCUT2D eigenvalue weighted by atomic mass is 35.5. The first-order valence-corrected chi connectivity index (χ1v) is 8.43. The van der Waals surface area contributed by atoms with Gasteiger partial charge in [0.15, 0.2) is 0 Å². The van der Waals surface area contributed by atoms with Crippen molar-refractivity contribution in [2.24, 2.45) is 0 Å². The average Bonchev–Trinajstić information content (AvgIpc) is 2.55. The van der Waals surface area contributed by atoms with E-state index >= 15 is 0 Å². The minimum absolute atomic E-state index is 0.649. The predicted molar refractivity (Wildman–Crippen MR) is 99.1 cm³/mol. The molecular weight excluding hydrogens is 351 g/mol. The second kappa shape index (κ2) is 7.00. The lowest BCUT2D eigenvalue weighted by Gasteiger charge is -2.23. The van der Waals surface area contributed by atoms with Gasteiger partial charge in [0.2, 0.25) is 0 Å². The number of hydrogen-bond acceptors (Lipinski definition) is 1. The van der Waals surface area contributed by atoms with Crippen LogP contribution in [0.1, 0.15) is 24.0 Å². The Labute approximate surface area is 151 Å². The van der Waals surface area contributed by atoms with Gasteiger partial charge in [0, 0.05) is 26.2 Å². The summed E-state index contributed by atoms with van der Waals surface area (Å²) >= 11 is 18.9. The largest absolute Gasteiger partial charge is 0.496 e. The number of benzene rings is 2. The van der Waals surface area contributed by atoms with Crippen LogP contribution >= 0.6 is 34.8 Å². The SMILES string of the molecule is COC1=CCCC(c2c(Cl)cccc2Cl)=C1c1ccc(Cl)cc1. The maximum atomic E-state index is 6.43. The van der Waals surface area contributed by atoms with Crippen LogP contribution in [-0.2, 0) is 4.74 Å². The molecule has 0 aromatic heterocycles. The van der Waals surface area contributed by atoms with Crippen molar-refractivity contribution in [1.82, 2.24) is 0 Å². The smallest absolute Gasteiger partial charge is 0.123 e. The Morgan fingerprint density at radius 2 is 1.57 bits per heavy atom. The van der Waals surface area contributed by atoms with E-state index in [1.807, 2.05) is 42.5 Å². The Balaban J connectivity index is 2.27. The van der Waals surface area contributed by atoms with Crippen molar-refractivity contribution in [3.63, 3.8) is 0 Å². The van der Waals surface area contributed by atoms with Crippen LogP contribution in [-0.4, -0.2) is 7.11 Å². The number of hydrogen-bond donors (Lipinski definition) is 0. The average molecular weight is 366 g/mol. The molecule has 4 heteroatoms. The van der Waals surface area contributed by atoms with E-state index in [1.165, 1.54) is 0 Å². The van der Waals surface area contributed by atoms with Crippen LogP contribution in [0.3, 0.4) is 0 Å². The van der Waals surface area contributed by atoms with Gasteiger partial charge in [-0.15, -0.1) is 0 Å². The molecular formula is C19H15Cl3O. The molecule has 0 amide bonds. The zero-order valence-electron chi connectivity index (χ0n) is 12.6. The fourth-order valence-corrected chi connectivity index (χ4v) is 3.63. The molecule has 23 heavy (non-hydrogen) atoms. The Bertz CT molecular complexity index is 769. The molecule has 0 N–H and O–H groups in total. The third-order valence-corrected chi connectivity index (χ3v) is 4.77. The molecule has 0 radical (unpaired) electrons. The first-order chi connectivity index (χ1) is 11.1. The highest BCUT2D eigenvalue weighted by molar-refractivity contribution is 6.38. The van der Waals surface area contributed by atoms with Crippen LogP contribution in [0.15, 0.2) is 54.3 Å². The summed E-state index contributed by atoms with van der Waals surface area (Å²) in [4.78, 5) is 0. The van der Waals surface area contributed by atoms with Gasteiger partial charge in [0.1, 0.15) is 5.76 Å². The highest BCUT2D eigenvalue weighted by Gasteiger charge is 2.23. The topological polar surface area (TPSA) is 9.23 Å². The van der Waals surface area contributed by atoms with E-state index in [0.29, 0.717) is 15.1 Å². The summed E-state index contributed by atoms with van der Waals surface area (Å²) in [5, 5.41) is 2.00. The van der Waals surface area contributed by atoms with Crippen LogP contribution in [0.25, 0.3) is 11.1 Å². The van der Waals surface area contributed by atoms with Crippen LogP contribution in [0.4, 0.5) is 0 Å². The lowest BCUT2D eigenvalue weighted by atomic mass is 9.86. The molecule has 1 aliphatic carbocycles. The molecule has 0 heterocycles. The maximum Gasteiger partial charge on any atom is 0.123 e. The first kappa shape index (κ1) is 16.4. The summed E-state index contributed by atoms with van der Waals surface area (Å²) in [5.74, 6) is 0.838. The lowest BCUT2D eigenvalue weighted by molar-refractivity contribution is 0.308. The summed E-state index contributed by atoms with van der Waals surface area (Å²) in [6, 6.07) is 13.3. The summed E-state index contributed by atoms with van der Waals surface area (Å²) in [6.07, 6.45) is 3.84. The standard InChI is InChI=1S/C19H15Cl3O/c1-23-17-7-2-4-14(19-15(21)5-3-6-16(19)22)18(17)12-8-10-13(20)11-9-12/h3,5-11H,2,4H2,1H3. The van der Waals surface area contributed by atoms with Crippen LogP contribution in [0.5, 0.6) is 0 Å². The maximum absolute atomic E-state index is 6.43. The van der Waals surface area contributed by atoms with E-state index in [1.54, 1.807) is 7.11 Å². The van der Waals surface area contributed by atoms with Crippen molar-refractivity contribution in [3.8, 4) is 0 Å². The number of ether oxygens (including phenoxy) is 1. The molecule has 2 aromatic rings. The fraction of sp³-hybridized carbons (Fsp3) is 0.158. The molecule has 0 aliphatic heterocycles. The quantitative estimate of drug-likeness (QED) is 0.576. The van der Waals surface area contributed by atoms with E-state index in [0.717, 1.165) is 40.9 Å². The van der Waals surface area contributed by atoms with Crippen LogP contribution in [0, 0.1) is 0 Å². The number of methoxy groups -OCH3 is 1. The van der Waals surface area contributed by atoms with Crippen molar-refractivity contribution in [3.05, 3.63) is 80.5 Å².